The molecule has 0 aliphatic heterocycles. The molecule has 0 bridgehead atoms. The van der Waals surface area contributed by atoms with Crippen molar-refractivity contribution in [2.75, 3.05) is 5.32 Å². The molecular weight excluding hydrogens is 354 g/mol. The van der Waals surface area contributed by atoms with E-state index in [-0.39, 0.29) is 22.7 Å². The van der Waals surface area contributed by atoms with Gasteiger partial charge in [-0.25, -0.2) is 9.59 Å². The second-order valence-corrected chi connectivity index (χ2v) is 6.42. The maximum Gasteiger partial charge on any atom is 0.348 e. The molecule has 0 atom stereocenters. The maximum absolute atomic E-state index is 12.5. The van der Waals surface area contributed by atoms with Gasteiger partial charge in [0.05, 0.1) is 16.8 Å². The Morgan fingerprint density at radius 2 is 1.32 bits per heavy atom. The van der Waals surface area contributed by atoms with Crippen LogP contribution in [0.15, 0.2) is 72.8 Å². The Hall–Kier alpha value is -3.73. The number of benzene rings is 3. The summed E-state index contributed by atoms with van der Waals surface area (Å²) in [5, 5.41) is 2.71. The minimum absolute atomic E-state index is 0.101. The number of hydrogen-bond donors (Lipinski definition) is 1. The van der Waals surface area contributed by atoms with E-state index in [9.17, 15) is 14.4 Å². The van der Waals surface area contributed by atoms with Crippen LogP contribution in [0.5, 0.6) is 0 Å². The highest BCUT2D eigenvalue weighted by atomic mass is 16.6. The van der Waals surface area contributed by atoms with E-state index in [0.717, 1.165) is 11.1 Å². The number of ether oxygens (including phenoxy) is 1. The quantitative estimate of drug-likeness (QED) is 0.538. The van der Waals surface area contributed by atoms with Crippen molar-refractivity contribution >= 4 is 23.5 Å². The lowest BCUT2D eigenvalue weighted by molar-refractivity contribution is 0.0398. The molecule has 3 rings (SSSR count). The summed E-state index contributed by atoms with van der Waals surface area (Å²) in [6, 6.07) is 20.3. The number of anilines is 1. The normalized spacial score (nSPS) is 10.2. The highest BCUT2D eigenvalue weighted by Gasteiger charge is 2.19. The molecule has 5 nitrogen and oxygen atoms in total. The van der Waals surface area contributed by atoms with Crippen molar-refractivity contribution in [1.82, 2.24) is 0 Å². The van der Waals surface area contributed by atoms with E-state index in [1.807, 2.05) is 26.0 Å². The molecule has 0 saturated carbocycles. The van der Waals surface area contributed by atoms with Crippen molar-refractivity contribution in [1.29, 1.82) is 0 Å². The molecule has 0 aliphatic rings. The Morgan fingerprint density at radius 3 is 2.00 bits per heavy atom. The van der Waals surface area contributed by atoms with Gasteiger partial charge < -0.3 is 10.1 Å². The maximum atomic E-state index is 12.5. The summed E-state index contributed by atoms with van der Waals surface area (Å²) < 4.78 is 5.00. The van der Waals surface area contributed by atoms with Gasteiger partial charge in [0.2, 0.25) is 0 Å². The first-order valence-corrected chi connectivity index (χ1v) is 8.74. The van der Waals surface area contributed by atoms with Gasteiger partial charge in [-0.15, -0.1) is 0 Å². The number of nitrogens with one attached hydrogen (secondary N) is 1. The van der Waals surface area contributed by atoms with E-state index >= 15 is 0 Å². The second-order valence-electron chi connectivity index (χ2n) is 6.42. The second kappa shape index (κ2) is 8.31. The first-order chi connectivity index (χ1) is 13.4. The van der Waals surface area contributed by atoms with Crippen LogP contribution >= 0.6 is 0 Å². The number of hydrogen-bond acceptors (Lipinski definition) is 4. The van der Waals surface area contributed by atoms with Gasteiger partial charge in [0, 0.05) is 5.56 Å². The van der Waals surface area contributed by atoms with Crippen molar-refractivity contribution < 1.29 is 19.1 Å². The third-order valence-electron chi connectivity index (χ3n) is 4.11. The number of para-hydroxylation sites is 1. The standard InChI is InChI=1S/C23H19NO4/c1-15-7-5-9-17(13-15)21(25)24-20-12-4-3-11-19(20)23(27)28-22(26)18-10-6-8-16(2)14-18/h3-14H,1-2H3,(H,24,25). The van der Waals surface area contributed by atoms with Crippen LogP contribution < -0.4 is 5.32 Å². The zero-order chi connectivity index (χ0) is 20.1. The fraction of sp³-hybridized carbons (Fsp3) is 0.0870. The summed E-state index contributed by atoms with van der Waals surface area (Å²) in [6.07, 6.45) is 0. The van der Waals surface area contributed by atoms with E-state index in [2.05, 4.69) is 5.32 Å². The van der Waals surface area contributed by atoms with Crippen molar-refractivity contribution in [2.24, 2.45) is 0 Å². The molecule has 0 radical (unpaired) electrons. The lowest BCUT2D eigenvalue weighted by atomic mass is 10.1. The van der Waals surface area contributed by atoms with E-state index in [1.54, 1.807) is 54.6 Å². The molecule has 3 aromatic rings. The predicted octanol–water partition coefficient (Wildman–Crippen LogP) is 4.55. The Balaban J connectivity index is 1.78. The summed E-state index contributed by atoms with van der Waals surface area (Å²) in [7, 11) is 0. The average Bonchev–Trinajstić information content (AvgIpc) is 2.68. The molecule has 3 aromatic carbocycles. The zero-order valence-electron chi connectivity index (χ0n) is 15.6. The molecule has 1 amide bonds. The van der Waals surface area contributed by atoms with Gasteiger partial charge in [-0.3, -0.25) is 4.79 Å². The molecule has 140 valence electrons. The van der Waals surface area contributed by atoms with Gasteiger partial charge in [-0.1, -0.05) is 47.5 Å². The average molecular weight is 373 g/mol. The van der Waals surface area contributed by atoms with Gasteiger partial charge >= 0.3 is 11.9 Å². The Morgan fingerprint density at radius 1 is 0.714 bits per heavy atom. The monoisotopic (exact) mass is 373 g/mol. The van der Waals surface area contributed by atoms with Gasteiger partial charge in [-0.2, -0.15) is 0 Å². The molecule has 5 heteroatoms. The molecule has 0 aliphatic carbocycles. The van der Waals surface area contributed by atoms with Crippen LogP contribution in [0.4, 0.5) is 5.69 Å². The minimum atomic E-state index is -0.827. The molecule has 0 unspecified atom stereocenters. The lowest BCUT2D eigenvalue weighted by Crippen LogP contribution is -2.18. The highest BCUT2D eigenvalue weighted by Crippen LogP contribution is 2.19. The van der Waals surface area contributed by atoms with Crippen molar-refractivity contribution in [3.05, 3.63) is 101 Å². The number of esters is 2. The van der Waals surface area contributed by atoms with Crippen molar-refractivity contribution in [3.63, 3.8) is 0 Å². The molecule has 0 heterocycles. The number of carbonyl (C=O) groups excluding carboxylic acids is 3. The number of carbonyl (C=O) groups is 3. The molecule has 0 aromatic heterocycles. The van der Waals surface area contributed by atoms with Crippen LogP contribution in [0.2, 0.25) is 0 Å². The van der Waals surface area contributed by atoms with E-state index in [0.29, 0.717) is 5.56 Å². The fourth-order valence-electron chi connectivity index (χ4n) is 2.72. The van der Waals surface area contributed by atoms with Crippen LogP contribution in [0, 0.1) is 13.8 Å². The zero-order valence-corrected chi connectivity index (χ0v) is 15.6. The summed E-state index contributed by atoms with van der Waals surface area (Å²) in [5.74, 6) is -1.92. The first kappa shape index (κ1) is 19.0. The topological polar surface area (TPSA) is 72.5 Å². The van der Waals surface area contributed by atoms with E-state index in [1.165, 1.54) is 6.07 Å². The van der Waals surface area contributed by atoms with Gasteiger partial charge in [-0.05, 0) is 50.2 Å². The van der Waals surface area contributed by atoms with Crippen molar-refractivity contribution in [3.8, 4) is 0 Å². The van der Waals surface area contributed by atoms with E-state index in [4.69, 9.17) is 4.74 Å². The van der Waals surface area contributed by atoms with Gasteiger partial charge in [0.15, 0.2) is 0 Å². The molecular formula is C23H19NO4. The third kappa shape index (κ3) is 4.51. The largest absolute Gasteiger partial charge is 0.386 e. The summed E-state index contributed by atoms with van der Waals surface area (Å²) in [6.45, 7) is 3.73. The van der Waals surface area contributed by atoms with Gasteiger partial charge in [0.25, 0.3) is 5.91 Å². The lowest BCUT2D eigenvalue weighted by Gasteiger charge is -2.11. The predicted molar refractivity (Wildman–Crippen MR) is 106 cm³/mol. The summed E-state index contributed by atoms with van der Waals surface area (Å²) in [4.78, 5) is 37.2. The van der Waals surface area contributed by atoms with Gasteiger partial charge in [0.1, 0.15) is 0 Å². The molecule has 0 saturated heterocycles. The number of rotatable bonds is 4. The minimum Gasteiger partial charge on any atom is -0.386 e. The van der Waals surface area contributed by atoms with Crippen molar-refractivity contribution in [2.45, 2.75) is 13.8 Å². The molecule has 1 N–H and O–H groups in total. The third-order valence-corrected chi connectivity index (χ3v) is 4.11. The summed E-state index contributed by atoms with van der Waals surface area (Å²) in [5.41, 5.74) is 2.96. The Kier molecular flexibility index (Phi) is 5.65. The smallest absolute Gasteiger partial charge is 0.348 e. The van der Waals surface area contributed by atoms with Crippen LogP contribution in [0.3, 0.4) is 0 Å². The van der Waals surface area contributed by atoms with Crippen LogP contribution in [-0.2, 0) is 4.74 Å². The summed E-state index contributed by atoms with van der Waals surface area (Å²) >= 11 is 0. The van der Waals surface area contributed by atoms with Crippen LogP contribution in [0.25, 0.3) is 0 Å². The number of aryl methyl sites for hydroxylation is 2. The molecule has 0 spiro atoms. The fourth-order valence-corrected chi connectivity index (χ4v) is 2.72. The molecule has 0 fully saturated rings. The van der Waals surface area contributed by atoms with E-state index < -0.39 is 11.9 Å². The Labute approximate surface area is 163 Å². The van der Waals surface area contributed by atoms with Crippen LogP contribution in [0.1, 0.15) is 42.2 Å². The van der Waals surface area contributed by atoms with Crippen LogP contribution in [-0.4, -0.2) is 17.8 Å². The highest BCUT2D eigenvalue weighted by molar-refractivity contribution is 6.10. The molecule has 28 heavy (non-hydrogen) atoms. The number of amides is 1. The SMILES string of the molecule is Cc1cccc(C(=O)Nc2ccccc2C(=O)OC(=O)c2cccc(C)c2)c1. The Bertz CT molecular complexity index is 1060. The first-order valence-electron chi connectivity index (χ1n) is 8.74.